The van der Waals surface area contributed by atoms with Crippen LogP contribution in [-0.4, -0.2) is 29.5 Å². The van der Waals surface area contributed by atoms with Crippen molar-refractivity contribution < 1.29 is 14.6 Å². The van der Waals surface area contributed by atoms with Crippen LogP contribution in [0.25, 0.3) is 0 Å². The third-order valence-corrected chi connectivity index (χ3v) is 4.61. The first-order chi connectivity index (χ1) is 9.16. The monoisotopic (exact) mass is 262 g/mol. The molecule has 2 heterocycles. The molecule has 1 aromatic rings. The van der Waals surface area contributed by atoms with E-state index in [2.05, 4.69) is 26.0 Å². The highest BCUT2D eigenvalue weighted by molar-refractivity contribution is 5.13. The summed E-state index contributed by atoms with van der Waals surface area (Å²) in [6, 6.07) is 10.2. The van der Waals surface area contributed by atoms with Crippen LogP contribution in [0.3, 0.4) is 0 Å². The maximum absolute atomic E-state index is 10.0. The average molecular weight is 262 g/mol. The van der Waals surface area contributed by atoms with Crippen LogP contribution in [0.15, 0.2) is 30.3 Å². The van der Waals surface area contributed by atoms with Crippen molar-refractivity contribution in [3.63, 3.8) is 0 Å². The highest BCUT2D eigenvalue weighted by atomic mass is 16.5. The Bertz CT molecular complexity index is 419. The molecule has 3 rings (SSSR count). The van der Waals surface area contributed by atoms with E-state index in [1.165, 1.54) is 5.56 Å². The molecule has 1 N–H and O–H groups in total. The van der Waals surface area contributed by atoms with Gasteiger partial charge in [0.15, 0.2) is 0 Å². The zero-order chi connectivity index (χ0) is 13.4. The fraction of sp³-hybridized carbons (Fsp3) is 0.625. The molecule has 1 aromatic carbocycles. The Labute approximate surface area is 114 Å². The Morgan fingerprint density at radius 2 is 1.95 bits per heavy atom. The molecule has 3 heteroatoms. The summed E-state index contributed by atoms with van der Waals surface area (Å²) in [5.74, 6) is 0.583. The molecule has 2 aliphatic heterocycles. The van der Waals surface area contributed by atoms with Gasteiger partial charge >= 0.3 is 0 Å². The van der Waals surface area contributed by atoms with E-state index in [1.807, 2.05) is 18.2 Å². The van der Waals surface area contributed by atoms with Gasteiger partial charge in [-0.15, -0.1) is 0 Å². The van der Waals surface area contributed by atoms with Crippen LogP contribution in [0, 0.1) is 11.8 Å². The molecule has 0 unspecified atom stereocenters. The van der Waals surface area contributed by atoms with Gasteiger partial charge in [0.25, 0.3) is 0 Å². The molecule has 0 saturated carbocycles. The SMILES string of the molecule is C[C@@H]1[C@H](OCc2ccccc2)[C@@H](C)[C@@H]2C[C@@H](O)[C@H]1O2. The third kappa shape index (κ3) is 2.42. The predicted octanol–water partition coefficient (Wildman–Crippen LogP) is 2.38. The largest absolute Gasteiger partial charge is 0.390 e. The third-order valence-electron chi connectivity index (χ3n) is 4.61. The Hall–Kier alpha value is -0.900. The molecule has 0 aliphatic carbocycles. The van der Waals surface area contributed by atoms with Gasteiger partial charge in [-0.3, -0.25) is 0 Å². The highest BCUT2D eigenvalue weighted by Gasteiger charge is 2.50. The first kappa shape index (κ1) is 13.1. The van der Waals surface area contributed by atoms with Crippen LogP contribution in [0.2, 0.25) is 0 Å². The van der Waals surface area contributed by atoms with Crippen molar-refractivity contribution in [2.24, 2.45) is 11.8 Å². The maximum Gasteiger partial charge on any atom is 0.0889 e. The van der Waals surface area contributed by atoms with Crippen LogP contribution >= 0.6 is 0 Å². The second-order valence-electron chi connectivity index (χ2n) is 5.92. The van der Waals surface area contributed by atoms with Crippen LogP contribution < -0.4 is 0 Å². The Kier molecular flexibility index (Phi) is 3.61. The molecule has 0 amide bonds. The van der Waals surface area contributed by atoms with Crippen molar-refractivity contribution in [3.8, 4) is 0 Å². The van der Waals surface area contributed by atoms with Gasteiger partial charge in [-0.25, -0.2) is 0 Å². The topological polar surface area (TPSA) is 38.7 Å². The Morgan fingerprint density at radius 3 is 2.68 bits per heavy atom. The molecule has 2 fully saturated rings. The van der Waals surface area contributed by atoms with Crippen molar-refractivity contribution in [3.05, 3.63) is 35.9 Å². The van der Waals surface area contributed by atoms with Crippen LogP contribution in [0.5, 0.6) is 0 Å². The van der Waals surface area contributed by atoms with Gasteiger partial charge in [0.2, 0.25) is 0 Å². The van der Waals surface area contributed by atoms with Gasteiger partial charge in [-0.2, -0.15) is 0 Å². The molecule has 0 aromatic heterocycles. The number of rotatable bonds is 3. The molecule has 0 spiro atoms. The predicted molar refractivity (Wildman–Crippen MR) is 72.6 cm³/mol. The summed E-state index contributed by atoms with van der Waals surface area (Å²) in [5.41, 5.74) is 1.20. The summed E-state index contributed by atoms with van der Waals surface area (Å²) in [6.07, 6.45) is 0.689. The lowest BCUT2D eigenvalue weighted by Crippen LogP contribution is -2.46. The van der Waals surface area contributed by atoms with E-state index >= 15 is 0 Å². The van der Waals surface area contributed by atoms with E-state index in [0.29, 0.717) is 12.5 Å². The molecular weight excluding hydrogens is 240 g/mol. The molecule has 3 nitrogen and oxygen atoms in total. The number of aliphatic hydroxyl groups excluding tert-OH is 1. The maximum atomic E-state index is 10.0. The van der Waals surface area contributed by atoms with Gasteiger partial charge in [0.05, 0.1) is 31.0 Å². The zero-order valence-corrected chi connectivity index (χ0v) is 11.5. The Morgan fingerprint density at radius 1 is 1.21 bits per heavy atom. The summed E-state index contributed by atoms with van der Waals surface area (Å²) in [4.78, 5) is 0. The minimum Gasteiger partial charge on any atom is -0.390 e. The average Bonchev–Trinajstić information content (AvgIpc) is 2.78. The van der Waals surface area contributed by atoms with E-state index < -0.39 is 0 Å². The zero-order valence-electron chi connectivity index (χ0n) is 11.5. The van der Waals surface area contributed by atoms with Crippen LogP contribution in [0.1, 0.15) is 25.8 Å². The van der Waals surface area contributed by atoms with Gasteiger partial charge in [-0.05, 0) is 5.56 Å². The molecule has 2 bridgehead atoms. The number of hydrogen-bond donors (Lipinski definition) is 1. The van der Waals surface area contributed by atoms with E-state index in [4.69, 9.17) is 9.47 Å². The first-order valence-electron chi connectivity index (χ1n) is 7.16. The number of benzene rings is 1. The number of ether oxygens (including phenoxy) is 2. The highest BCUT2D eigenvalue weighted by Crippen LogP contribution is 2.41. The minimum atomic E-state index is -0.326. The molecule has 2 saturated heterocycles. The Balaban J connectivity index is 1.67. The number of aliphatic hydroxyl groups is 1. The summed E-state index contributed by atoms with van der Waals surface area (Å²) in [6.45, 7) is 4.93. The fourth-order valence-corrected chi connectivity index (χ4v) is 3.48. The van der Waals surface area contributed by atoms with Crippen molar-refractivity contribution >= 4 is 0 Å². The standard InChI is InChI=1S/C16H22O3/c1-10-14-8-13(17)16(19-14)11(2)15(10)18-9-12-6-4-3-5-7-12/h3-7,10-11,13-17H,8-9H2,1-2H3/t10-,11+,13+,14-,15+,16-/m0/s1. The summed E-state index contributed by atoms with van der Waals surface area (Å²) < 4.78 is 12.0. The van der Waals surface area contributed by atoms with Gasteiger partial charge in [-0.1, -0.05) is 44.2 Å². The van der Waals surface area contributed by atoms with Crippen molar-refractivity contribution in [1.82, 2.24) is 0 Å². The summed E-state index contributed by atoms with van der Waals surface area (Å²) in [7, 11) is 0. The lowest BCUT2D eigenvalue weighted by Gasteiger charge is -2.39. The second-order valence-corrected chi connectivity index (χ2v) is 5.92. The number of hydrogen-bond acceptors (Lipinski definition) is 3. The van der Waals surface area contributed by atoms with E-state index in [1.54, 1.807) is 0 Å². The lowest BCUT2D eigenvalue weighted by molar-refractivity contribution is -0.163. The van der Waals surface area contributed by atoms with Gasteiger partial charge in [0, 0.05) is 18.3 Å². The molecule has 6 atom stereocenters. The van der Waals surface area contributed by atoms with E-state index in [0.717, 1.165) is 6.42 Å². The molecule has 2 aliphatic rings. The van der Waals surface area contributed by atoms with Crippen molar-refractivity contribution in [2.45, 2.75) is 51.3 Å². The summed E-state index contributed by atoms with van der Waals surface area (Å²) in [5, 5.41) is 10.0. The molecule has 0 radical (unpaired) electrons. The van der Waals surface area contributed by atoms with Crippen LogP contribution in [0.4, 0.5) is 0 Å². The normalized spacial score (nSPS) is 41.4. The van der Waals surface area contributed by atoms with Gasteiger partial charge < -0.3 is 14.6 Å². The van der Waals surface area contributed by atoms with Crippen molar-refractivity contribution in [1.29, 1.82) is 0 Å². The van der Waals surface area contributed by atoms with Crippen molar-refractivity contribution in [2.75, 3.05) is 0 Å². The molecular formula is C16H22O3. The van der Waals surface area contributed by atoms with E-state index in [-0.39, 0.29) is 30.3 Å². The summed E-state index contributed by atoms with van der Waals surface area (Å²) >= 11 is 0. The lowest BCUT2D eigenvalue weighted by atomic mass is 9.86. The molecule has 104 valence electrons. The van der Waals surface area contributed by atoms with E-state index in [9.17, 15) is 5.11 Å². The first-order valence-corrected chi connectivity index (χ1v) is 7.16. The smallest absolute Gasteiger partial charge is 0.0889 e. The number of fused-ring (bicyclic) bond motifs is 2. The van der Waals surface area contributed by atoms with Crippen LogP contribution in [-0.2, 0) is 16.1 Å². The second kappa shape index (κ2) is 5.23. The fourth-order valence-electron chi connectivity index (χ4n) is 3.48. The molecule has 19 heavy (non-hydrogen) atoms. The van der Waals surface area contributed by atoms with Gasteiger partial charge in [0.1, 0.15) is 0 Å². The minimum absolute atomic E-state index is 0.0537. The quantitative estimate of drug-likeness (QED) is 0.909.